The molecule has 0 bridgehead atoms. The summed E-state index contributed by atoms with van der Waals surface area (Å²) in [6, 6.07) is 12.9. The van der Waals surface area contributed by atoms with Gasteiger partial charge in [-0.3, -0.25) is 13.9 Å². The van der Waals surface area contributed by atoms with Crippen molar-refractivity contribution in [3.05, 3.63) is 63.6 Å². The molecule has 2 amide bonds. The predicted molar refractivity (Wildman–Crippen MR) is 126 cm³/mol. The van der Waals surface area contributed by atoms with Gasteiger partial charge < -0.3 is 10.2 Å². The van der Waals surface area contributed by atoms with E-state index in [1.807, 2.05) is 0 Å². The van der Waals surface area contributed by atoms with Crippen LogP contribution in [-0.4, -0.2) is 51.0 Å². The maximum Gasteiger partial charge on any atom is 0.244 e. The third-order valence-electron chi connectivity index (χ3n) is 4.70. The van der Waals surface area contributed by atoms with Gasteiger partial charge in [-0.25, -0.2) is 8.42 Å². The van der Waals surface area contributed by atoms with Crippen LogP contribution in [0.3, 0.4) is 0 Å². The van der Waals surface area contributed by atoms with E-state index >= 15 is 0 Å². The summed E-state index contributed by atoms with van der Waals surface area (Å²) in [5, 5.41) is 3.13. The molecule has 0 heterocycles. The van der Waals surface area contributed by atoms with E-state index in [-0.39, 0.29) is 12.5 Å². The molecule has 0 aliphatic carbocycles. The van der Waals surface area contributed by atoms with Gasteiger partial charge in [-0.15, -0.1) is 0 Å². The summed E-state index contributed by atoms with van der Waals surface area (Å²) >= 11 is 9.30. The lowest BCUT2D eigenvalue weighted by molar-refractivity contribution is -0.140. The van der Waals surface area contributed by atoms with Gasteiger partial charge in [0.25, 0.3) is 0 Å². The van der Waals surface area contributed by atoms with Gasteiger partial charge in [0.05, 0.1) is 11.9 Å². The maximum atomic E-state index is 13.4. The number of para-hydroxylation sites is 1. The van der Waals surface area contributed by atoms with Crippen molar-refractivity contribution in [2.45, 2.75) is 25.9 Å². The molecule has 2 aromatic rings. The van der Waals surface area contributed by atoms with Gasteiger partial charge in [0.15, 0.2) is 0 Å². The number of hydrogen-bond acceptors (Lipinski definition) is 4. The number of likely N-dealkylation sites (N-methyl/N-ethyl adjacent to an activating group) is 1. The van der Waals surface area contributed by atoms with Crippen molar-refractivity contribution in [2.24, 2.45) is 0 Å². The lowest BCUT2D eigenvalue weighted by Gasteiger charge is -2.32. The van der Waals surface area contributed by atoms with E-state index in [4.69, 9.17) is 11.6 Å². The largest absolute Gasteiger partial charge is 0.357 e. The molecule has 1 N–H and O–H groups in total. The number of carbonyl (C=O) groups is 2. The van der Waals surface area contributed by atoms with E-state index in [0.29, 0.717) is 21.6 Å². The SMILES string of the molecule is CC[C@@H](C(=O)NC)N(Cc1ccc(Cl)cc1)C(=O)CN(c1ccccc1Br)S(C)(=O)=O. The second kappa shape index (κ2) is 11.0. The van der Waals surface area contributed by atoms with Crippen LogP contribution in [0, 0.1) is 0 Å². The normalized spacial score (nSPS) is 12.2. The molecular formula is C21H25BrClN3O4S. The van der Waals surface area contributed by atoms with Crippen LogP contribution in [0.15, 0.2) is 53.0 Å². The molecule has 0 fully saturated rings. The van der Waals surface area contributed by atoms with Crippen LogP contribution in [-0.2, 0) is 26.2 Å². The fourth-order valence-corrected chi connectivity index (χ4v) is 4.73. The van der Waals surface area contributed by atoms with Crippen molar-refractivity contribution in [3.8, 4) is 0 Å². The number of sulfonamides is 1. The molecule has 2 rings (SSSR count). The van der Waals surface area contributed by atoms with Gasteiger partial charge in [0.2, 0.25) is 21.8 Å². The van der Waals surface area contributed by atoms with Crippen LogP contribution >= 0.6 is 27.5 Å². The fourth-order valence-electron chi connectivity index (χ4n) is 3.12. The van der Waals surface area contributed by atoms with Gasteiger partial charge in [0.1, 0.15) is 12.6 Å². The van der Waals surface area contributed by atoms with Gasteiger partial charge in [-0.05, 0) is 52.2 Å². The van der Waals surface area contributed by atoms with Gasteiger partial charge in [-0.2, -0.15) is 0 Å². The number of carbonyl (C=O) groups excluding carboxylic acids is 2. The van der Waals surface area contributed by atoms with Crippen molar-refractivity contribution in [1.29, 1.82) is 0 Å². The lowest BCUT2D eigenvalue weighted by Crippen LogP contribution is -2.51. The third kappa shape index (κ3) is 6.69. The van der Waals surface area contributed by atoms with Crippen molar-refractivity contribution in [1.82, 2.24) is 10.2 Å². The summed E-state index contributed by atoms with van der Waals surface area (Å²) in [4.78, 5) is 27.2. The van der Waals surface area contributed by atoms with E-state index in [2.05, 4.69) is 21.2 Å². The Morgan fingerprint density at radius 2 is 1.74 bits per heavy atom. The van der Waals surface area contributed by atoms with Crippen LogP contribution in [0.5, 0.6) is 0 Å². The molecule has 7 nitrogen and oxygen atoms in total. The maximum absolute atomic E-state index is 13.4. The summed E-state index contributed by atoms with van der Waals surface area (Å²) < 4.78 is 26.6. The molecule has 1 atom stereocenters. The Bertz CT molecular complexity index is 1030. The second-order valence-corrected chi connectivity index (χ2v) is 10.1. The Morgan fingerprint density at radius 1 is 1.13 bits per heavy atom. The zero-order valence-electron chi connectivity index (χ0n) is 17.5. The average Bonchev–Trinajstić information content (AvgIpc) is 2.72. The topological polar surface area (TPSA) is 86.8 Å². The molecule has 0 unspecified atom stereocenters. The van der Waals surface area contributed by atoms with Crippen molar-refractivity contribution in [2.75, 3.05) is 24.2 Å². The van der Waals surface area contributed by atoms with E-state index < -0.39 is 28.5 Å². The summed E-state index contributed by atoms with van der Waals surface area (Å²) in [5.41, 5.74) is 1.12. The molecule has 0 spiro atoms. The predicted octanol–water partition coefficient (Wildman–Crippen LogP) is 3.42. The summed E-state index contributed by atoms with van der Waals surface area (Å²) in [6.45, 7) is 1.49. The minimum Gasteiger partial charge on any atom is -0.357 e. The van der Waals surface area contributed by atoms with E-state index in [9.17, 15) is 18.0 Å². The average molecular weight is 531 g/mol. The molecule has 0 saturated heterocycles. The first kappa shape index (κ1) is 25.2. The molecular weight excluding hydrogens is 506 g/mol. The monoisotopic (exact) mass is 529 g/mol. The summed E-state index contributed by atoms with van der Waals surface area (Å²) in [7, 11) is -2.27. The molecule has 168 valence electrons. The zero-order valence-corrected chi connectivity index (χ0v) is 20.7. The molecule has 31 heavy (non-hydrogen) atoms. The van der Waals surface area contributed by atoms with Gasteiger partial charge in [0, 0.05) is 23.1 Å². The number of nitrogens with zero attached hydrogens (tertiary/aromatic N) is 2. The highest BCUT2D eigenvalue weighted by Crippen LogP contribution is 2.28. The summed E-state index contributed by atoms with van der Waals surface area (Å²) in [5.74, 6) is -0.816. The Morgan fingerprint density at radius 3 is 2.26 bits per heavy atom. The number of anilines is 1. The first-order valence-corrected chi connectivity index (χ1v) is 12.6. The van der Waals surface area contributed by atoms with Crippen LogP contribution in [0.25, 0.3) is 0 Å². The molecule has 2 aromatic carbocycles. The van der Waals surface area contributed by atoms with Crippen LogP contribution in [0.1, 0.15) is 18.9 Å². The van der Waals surface area contributed by atoms with Crippen LogP contribution in [0.2, 0.25) is 5.02 Å². The van der Waals surface area contributed by atoms with E-state index in [1.54, 1.807) is 55.5 Å². The van der Waals surface area contributed by atoms with Crippen molar-refractivity contribution >= 4 is 55.1 Å². The number of hydrogen-bond donors (Lipinski definition) is 1. The third-order valence-corrected chi connectivity index (χ3v) is 6.75. The van der Waals surface area contributed by atoms with Crippen molar-refractivity contribution < 1.29 is 18.0 Å². The van der Waals surface area contributed by atoms with Crippen LogP contribution in [0.4, 0.5) is 5.69 Å². The Labute approximate surface area is 196 Å². The number of nitrogens with one attached hydrogen (secondary N) is 1. The summed E-state index contributed by atoms with van der Waals surface area (Å²) in [6.07, 6.45) is 1.41. The molecule has 0 aliphatic heterocycles. The Hall–Kier alpha value is -2.10. The van der Waals surface area contributed by atoms with Crippen molar-refractivity contribution in [3.63, 3.8) is 0 Å². The van der Waals surface area contributed by atoms with Crippen LogP contribution < -0.4 is 9.62 Å². The van der Waals surface area contributed by atoms with Gasteiger partial charge >= 0.3 is 0 Å². The minimum absolute atomic E-state index is 0.134. The Balaban J connectivity index is 2.43. The highest BCUT2D eigenvalue weighted by molar-refractivity contribution is 9.10. The smallest absolute Gasteiger partial charge is 0.244 e. The highest BCUT2D eigenvalue weighted by atomic mass is 79.9. The first-order valence-electron chi connectivity index (χ1n) is 9.56. The van der Waals surface area contributed by atoms with E-state index in [0.717, 1.165) is 16.1 Å². The molecule has 0 aliphatic rings. The van der Waals surface area contributed by atoms with Gasteiger partial charge in [-0.1, -0.05) is 42.8 Å². The molecule has 0 aromatic heterocycles. The number of benzene rings is 2. The number of halogens is 2. The minimum atomic E-state index is -3.77. The highest BCUT2D eigenvalue weighted by Gasteiger charge is 2.31. The number of rotatable bonds is 9. The van der Waals surface area contributed by atoms with E-state index in [1.165, 1.54) is 11.9 Å². The molecule has 0 saturated carbocycles. The Kier molecular flexibility index (Phi) is 8.90. The quantitative estimate of drug-likeness (QED) is 0.538. The fraction of sp³-hybridized carbons (Fsp3) is 0.333. The second-order valence-electron chi connectivity index (χ2n) is 6.91. The zero-order chi connectivity index (χ0) is 23.2. The number of amides is 2. The standard InChI is InChI=1S/C21H25BrClN3O4S/c1-4-18(21(28)24-2)25(13-15-9-11-16(23)12-10-15)20(27)14-26(31(3,29)30)19-8-6-5-7-17(19)22/h5-12,18H,4,13-14H2,1-3H3,(H,24,28)/t18-/m0/s1. The lowest BCUT2D eigenvalue weighted by atomic mass is 10.1. The first-order chi connectivity index (χ1) is 14.6. The molecule has 10 heteroatoms. The molecule has 0 radical (unpaired) electrons.